The van der Waals surface area contributed by atoms with Gasteiger partial charge in [-0.1, -0.05) is 18.2 Å². The van der Waals surface area contributed by atoms with Gasteiger partial charge < -0.3 is 4.74 Å². The lowest BCUT2D eigenvalue weighted by Crippen LogP contribution is -2.08. The molecule has 0 radical (unpaired) electrons. The van der Waals surface area contributed by atoms with Gasteiger partial charge in [0.15, 0.2) is 0 Å². The zero-order chi connectivity index (χ0) is 11.7. The number of rotatable bonds is 1. The van der Waals surface area contributed by atoms with E-state index in [4.69, 9.17) is 4.74 Å². The molecule has 1 aliphatic heterocycles. The number of para-hydroxylation sites is 1. The van der Waals surface area contributed by atoms with E-state index in [1.54, 1.807) is 4.68 Å². The second-order valence-electron chi connectivity index (χ2n) is 3.94. The van der Waals surface area contributed by atoms with Crippen molar-refractivity contribution in [2.45, 2.75) is 13.0 Å². The molecule has 0 amide bonds. The topological polar surface area (TPSA) is 50.8 Å². The predicted octanol–water partition coefficient (Wildman–Crippen LogP) is 1.82. The van der Waals surface area contributed by atoms with Gasteiger partial charge in [0.25, 0.3) is 0 Å². The van der Waals surface area contributed by atoms with Gasteiger partial charge in [-0.25, -0.2) is 4.68 Å². The maximum atomic E-state index is 9.26. The predicted molar refractivity (Wildman–Crippen MR) is 61.6 cm³/mol. The molecular formula is C13H11N3O. The van der Waals surface area contributed by atoms with Gasteiger partial charge in [0.1, 0.15) is 11.8 Å². The summed E-state index contributed by atoms with van der Waals surface area (Å²) in [6.45, 7) is 1.18. The molecule has 4 heteroatoms. The van der Waals surface area contributed by atoms with Crippen LogP contribution in [0.25, 0.3) is 5.69 Å². The van der Waals surface area contributed by atoms with Gasteiger partial charge in [0.05, 0.1) is 24.6 Å². The average molecular weight is 225 g/mol. The summed E-state index contributed by atoms with van der Waals surface area (Å²) < 4.78 is 7.09. The summed E-state index contributed by atoms with van der Waals surface area (Å²) in [5, 5.41) is 13.8. The first-order chi connectivity index (χ1) is 8.40. The van der Waals surface area contributed by atoms with Crippen LogP contribution in [0.1, 0.15) is 17.0 Å². The van der Waals surface area contributed by atoms with E-state index >= 15 is 0 Å². The van der Waals surface area contributed by atoms with Crippen LogP contribution in [0.4, 0.5) is 0 Å². The number of benzene rings is 1. The molecule has 0 spiro atoms. The highest BCUT2D eigenvalue weighted by Crippen LogP contribution is 2.22. The molecule has 0 aliphatic carbocycles. The minimum Gasteiger partial charge on any atom is -0.376 e. The van der Waals surface area contributed by atoms with E-state index in [1.807, 2.05) is 30.3 Å². The normalized spacial score (nSPS) is 14.1. The van der Waals surface area contributed by atoms with E-state index in [1.165, 1.54) is 0 Å². The molecular weight excluding hydrogens is 214 g/mol. The molecule has 2 aromatic rings. The molecule has 0 N–H and O–H groups in total. The number of nitrogens with zero attached hydrogens (tertiary/aromatic N) is 3. The Bertz CT molecular complexity index is 581. The molecule has 17 heavy (non-hydrogen) atoms. The highest BCUT2D eigenvalue weighted by atomic mass is 16.5. The largest absolute Gasteiger partial charge is 0.376 e. The van der Waals surface area contributed by atoms with Crippen LogP contribution >= 0.6 is 0 Å². The van der Waals surface area contributed by atoms with Crippen molar-refractivity contribution in [2.75, 3.05) is 6.61 Å². The molecule has 0 atom stereocenters. The summed E-state index contributed by atoms with van der Waals surface area (Å²) in [4.78, 5) is 0. The molecule has 2 heterocycles. The Labute approximate surface area is 99.1 Å². The molecule has 84 valence electrons. The van der Waals surface area contributed by atoms with E-state index in [-0.39, 0.29) is 0 Å². The molecule has 1 aromatic carbocycles. The van der Waals surface area contributed by atoms with Crippen molar-refractivity contribution in [3.05, 3.63) is 47.3 Å². The van der Waals surface area contributed by atoms with Gasteiger partial charge in [-0.2, -0.15) is 10.4 Å². The van der Waals surface area contributed by atoms with E-state index < -0.39 is 0 Å². The van der Waals surface area contributed by atoms with E-state index in [0.717, 1.165) is 23.4 Å². The number of aromatic nitrogens is 2. The van der Waals surface area contributed by atoms with Crippen LogP contribution in [0.3, 0.4) is 0 Å². The average Bonchev–Trinajstić information content (AvgIpc) is 2.78. The van der Waals surface area contributed by atoms with Crippen LogP contribution in [0.5, 0.6) is 0 Å². The molecule has 3 rings (SSSR count). The van der Waals surface area contributed by atoms with Crippen LogP contribution in [-0.4, -0.2) is 16.4 Å². The minimum atomic E-state index is 0.491. The van der Waals surface area contributed by atoms with E-state index in [9.17, 15) is 5.26 Å². The van der Waals surface area contributed by atoms with Crippen LogP contribution < -0.4 is 0 Å². The van der Waals surface area contributed by atoms with Crippen molar-refractivity contribution in [2.24, 2.45) is 0 Å². The molecule has 0 bridgehead atoms. The summed E-state index contributed by atoms with van der Waals surface area (Å²) >= 11 is 0. The van der Waals surface area contributed by atoms with Crippen molar-refractivity contribution >= 4 is 0 Å². The molecule has 4 nitrogen and oxygen atoms in total. The van der Waals surface area contributed by atoms with Crippen LogP contribution in [0.15, 0.2) is 30.3 Å². The molecule has 0 fully saturated rings. The number of ether oxygens (including phenoxy) is 1. The van der Waals surface area contributed by atoms with Crippen LogP contribution in [-0.2, 0) is 17.8 Å². The van der Waals surface area contributed by atoms with Crippen molar-refractivity contribution in [3.63, 3.8) is 0 Å². The van der Waals surface area contributed by atoms with Gasteiger partial charge in [0.2, 0.25) is 0 Å². The lowest BCUT2D eigenvalue weighted by Gasteiger charge is -2.09. The summed E-state index contributed by atoms with van der Waals surface area (Å²) in [6, 6.07) is 11.9. The van der Waals surface area contributed by atoms with E-state index in [2.05, 4.69) is 11.2 Å². The van der Waals surface area contributed by atoms with Gasteiger partial charge >= 0.3 is 0 Å². The molecule has 1 aliphatic rings. The third kappa shape index (κ3) is 1.61. The van der Waals surface area contributed by atoms with Gasteiger partial charge in [-0.3, -0.25) is 0 Å². The third-order valence-electron chi connectivity index (χ3n) is 2.90. The number of hydrogen-bond donors (Lipinski definition) is 0. The maximum Gasteiger partial charge on any atom is 0.150 e. The number of fused-ring (bicyclic) bond motifs is 1. The molecule has 0 saturated carbocycles. The molecule has 1 aromatic heterocycles. The van der Waals surface area contributed by atoms with Crippen LogP contribution in [0, 0.1) is 11.3 Å². The first kappa shape index (κ1) is 10.1. The van der Waals surface area contributed by atoms with Crippen molar-refractivity contribution < 1.29 is 4.74 Å². The number of hydrogen-bond acceptors (Lipinski definition) is 3. The van der Waals surface area contributed by atoms with E-state index in [0.29, 0.717) is 18.9 Å². The third-order valence-corrected chi connectivity index (χ3v) is 2.90. The zero-order valence-corrected chi connectivity index (χ0v) is 9.26. The number of nitriles is 1. The summed E-state index contributed by atoms with van der Waals surface area (Å²) in [5.41, 5.74) is 3.42. The SMILES string of the molecule is N#Cc1c2c(nn1-c1ccccc1)CCOC2. The Balaban J connectivity index is 2.18. The first-order valence-electron chi connectivity index (χ1n) is 5.54. The fourth-order valence-corrected chi connectivity index (χ4v) is 2.06. The van der Waals surface area contributed by atoms with Gasteiger partial charge in [-0.05, 0) is 12.1 Å². The Kier molecular flexibility index (Phi) is 2.39. The second kappa shape index (κ2) is 4.04. The fourth-order valence-electron chi connectivity index (χ4n) is 2.06. The zero-order valence-electron chi connectivity index (χ0n) is 9.26. The Hall–Kier alpha value is -2.12. The smallest absolute Gasteiger partial charge is 0.150 e. The lowest BCUT2D eigenvalue weighted by atomic mass is 10.1. The summed E-state index contributed by atoms with van der Waals surface area (Å²) in [6.07, 6.45) is 0.782. The fraction of sp³-hybridized carbons (Fsp3) is 0.231. The first-order valence-corrected chi connectivity index (χ1v) is 5.54. The minimum absolute atomic E-state index is 0.491. The van der Waals surface area contributed by atoms with Crippen molar-refractivity contribution in [3.8, 4) is 11.8 Å². The van der Waals surface area contributed by atoms with Crippen LogP contribution in [0.2, 0.25) is 0 Å². The molecule has 0 unspecified atom stereocenters. The lowest BCUT2D eigenvalue weighted by molar-refractivity contribution is 0.110. The molecule has 0 saturated heterocycles. The Morgan fingerprint density at radius 2 is 2.12 bits per heavy atom. The standard InChI is InChI=1S/C13H11N3O/c14-8-13-11-9-17-7-6-12(11)15-16(13)10-4-2-1-3-5-10/h1-5H,6-7,9H2. The summed E-state index contributed by atoms with van der Waals surface area (Å²) in [7, 11) is 0. The summed E-state index contributed by atoms with van der Waals surface area (Å²) in [5.74, 6) is 0. The Morgan fingerprint density at radius 1 is 1.29 bits per heavy atom. The van der Waals surface area contributed by atoms with Crippen molar-refractivity contribution in [1.29, 1.82) is 5.26 Å². The highest BCUT2D eigenvalue weighted by molar-refractivity contribution is 5.43. The maximum absolute atomic E-state index is 9.26. The van der Waals surface area contributed by atoms with Crippen molar-refractivity contribution in [1.82, 2.24) is 9.78 Å². The monoisotopic (exact) mass is 225 g/mol. The van der Waals surface area contributed by atoms with Gasteiger partial charge in [0, 0.05) is 12.0 Å². The quantitative estimate of drug-likeness (QED) is 0.743. The second-order valence-corrected chi connectivity index (χ2v) is 3.94. The highest BCUT2D eigenvalue weighted by Gasteiger charge is 2.21. The Morgan fingerprint density at radius 3 is 2.88 bits per heavy atom. The van der Waals surface area contributed by atoms with Gasteiger partial charge in [-0.15, -0.1) is 0 Å².